The first-order chi connectivity index (χ1) is 5.68. The van der Waals surface area contributed by atoms with Gasteiger partial charge in [0.1, 0.15) is 0 Å². The Bertz CT molecular complexity index is 111. The van der Waals surface area contributed by atoms with Gasteiger partial charge < -0.3 is 8.80 Å². The van der Waals surface area contributed by atoms with Crippen LogP contribution in [0.1, 0.15) is 20.8 Å². The Morgan fingerprint density at radius 2 is 1.15 bits per heavy atom. The van der Waals surface area contributed by atoms with Crippen LogP contribution < -0.4 is 0 Å². The quantitative estimate of drug-likeness (QED) is 0.507. The molecule has 0 radical (unpaired) electrons. The predicted molar refractivity (Wildman–Crippen MR) is 71.5 cm³/mol. The van der Waals surface area contributed by atoms with Crippen LogP contribution >= 0.6 is 47.3 Å². The molecule has 0 fully saturated rings. The molecule has 0 aromatic carbocycles. The first-order valence-electron chi connectivity index (χ1n) is 4.39. The summed E-state index contributed by atoms with van der Waals surface area (Å²) in [6.45, 7) is 10.5. The molecule has 1 nitrogen and oxygen atoms in total. The van der Waals surface area contributed by atoms with Crippen LogP contribution in [0.3, 0.4) is 0 Å². The molecule has 0 rings (SSSR count). The SMILES string of the molecule is CC[N+](C)(CC)CC.F[B-](Br)(Br)Br. The summed E-state index contributed by atoms with van der Waals surface area (Å²) in [5, 5.41) is 0. The molecule has 0 aromatic rings. The van der Waals surface area contributed by atoms with E-state index in [0.717, 1.165) is 0 Å². The molecule has 82 valence electrons. The summed E-state index contributed by atoms with van der Waals surface area (Å²) >= 11 is 7.81. The third kappa shape index (κ3) is 16.1. The molecule has 0 spiro atoms. The van der Waals surface area contributed by atoms with Crippen molar-refractivity contribution in [1.82, 2.24) is 0 Å². The van der Waals surface area contributed by atoms with Crippen LogP contribution in [0.4, 0.5) is 4.32 Å². The lowest BCUT2D eigenvalue weighted by Gasteiger charge is -2.30. The number of quaternary nitrogens is 1. The second kappa shape index (κ2) is 7.66. The minimum Gasteiger partial charge on any atom is -0.475 e. The van der Waals surface area contributed by atoms with Crippen molar-refractivity contribution in [2.45, 2.75) is 20.8 Å². The Morgan fingerprint density at radius 1 is 1.00 bits per heavy atom. The van der Waals surface area contributed by atoms with Crippen LogP contribution in [0.25, 0.3) is 0 Å². The molecule has 0 saturated carbocycles. The van der Waals surface area contributed by atoms with Gasteiger partial charge >= 0.3 is 2.90 Å². The largest absolute Gasteiger partial charge is 0.475 e. The zero-order chi connectivity index (χ0) is 11.1. The van der Waals surface area contributed by atoms with E-state index in [-0.39, 0.29) is 0 Å². The van der Waals surface area contributed by atoms with Crippen molar-refractivity contribution in [2.24, 2.45) is 0 Å². The third-order valence-corrected chi connectivity index (χ3v) is 2.29. The fourth-order valence-corrected chi connectivity index (χ4v) is 0.671. The smallest absolute Gasteiger partial charge is 0.336 e. The molecule has 0 heterocycles. The van der Waals surface area contributed by atoms with Gasteiger partial charge in [0.15, 0.2) is 0 Å². The van der Waals surface area contributed by atoms with E-state index in [1.165, 1.54) is 24.1 Å². The average molecular weight is 386 g/mol. The Hall–Kier alpha value is 1.39. The molecule has 0 aromatic heterocycles. The summed E-state index contributed by atoms with van der Waals surface area (Å²) in [6, 6.07) is 0. The van der Waals surface area contributed by atoms with Gasteiger partial charge in [-0.3, -0.25) is 47.3 Å². The molecule has 0 aliphatic carbocycles. The molecule has 13 heavy (non-hydrogen) atoms. The molecule has 0 bridgehead atoms. The van der Waals surface area contributed by atoms with E-state index >= 15 is 0 Å². The van der Waals surface area contributed by atoms with Crippen molar-refractivity contribution >= 4 is 50.2 Å². The first kappa shape index (κ1) is 16.8. The zero-order valence-electron chi connectivity index (χ0n) is 8.66. The van der Waals surface area contributed by atoms with Crippen molar-refractivity contribution in [3.05, 3.63) is 0 Å². The summed E-state index contributed by atoms with van der Waals surface area (Å²) in [7, 11) is 2.29. The Balaban J connectivity index is 0. The summed E-state index contributed by atoms with van der Waals surface area (Å²) in [5.41, 5.74) is 0. The predicted octanol–water partition coefficient (Wildman–Crippen LogP) is 4.07. The second-order valence-corrected chi connectivity index (χ2v) is 10.5. The van der Waals surface area contributed by atoms with Gasteiger partial charge in [0, 0.05) is 0 Å². The Morgan fingerprint density at radius 3 is 1.15 bits per heavy atom. The lowest BCUT2D eigenvalue weighted by Crippen LogP contribution is -2.42. The fourth-order valence-electron chi connectivity index (χ4n) is 0.671. The molecule has 0 aliphatic heterocycles. The van der Waals surface area contributed by atoms with Gasteiger partial charge in [0.05, 0.1) is 26.7 Å². The van der Waals surface area contributed by atoms with Crippen LogP contribution in [-0.2, 0) is 0 Å². The molecule has 0 aliphatic rings. The van der Waals surface area contributed by atoms with Crippen molar-refractivity contribution in [1.29, 1.82) is 0 Å². The van der Waals surface area contributed by atoms with E-state index in [0.29, 0.717) is 0 Å². The van der Waals surface area contributed by atoms with Gasteiger partial charge in [0.2, 0.25) is 0 Å². The lowest BCUT2D eigenvalue weighted by molar-refractivity contribution is -0.904. The normalized spacial score (nSPS) is 12.0. The maximum Gasteiger partial charge on any atom is 0.336 e. The van der Waals surface area contributed by atoms with E-state index in [4.69, 9.17) is 0 Å². The highest BCUT2D eigenvalue weighted by molar-refractivity contribution is 9.71. The molecule has 0 N–H and O–H groups in total. The fraction of sp³-hybridized carbons (Fsp3) is 1.00. The molecule has 0 amide bonds. The lowest BCUT2D eigenvalue weighted by atomic mass is 10.4. The number of hydrogen-bond donors (Lipinski definition) is 0. The second-order valence-electron chi connectivity index (χ2n) is 3.06. The topological polar surface area (TPSA) is 0 Å². The number of hydrogen-bond acceptors (Lipinski definition) is 0. The van der Waals surface area contributed by atoms with Gasteiger partial charge in [-0.2, -0.15) is 0 Å². The highest BCUT2D eigenvalue weighted by Gasteiger charge is 2.10. The maximum atomic E-state index is 11.5. The number of halogens is 4. The van der Waals surface area contributed by atoms with Crippen LogP contribution in [0.15, 0.2) is 0 Å². The maximum absolute atomic E-state index is 11.5. The van der Waals surface area contributed by atoms with Crippen molar-refractivity contribution < 1.29 is 8.80 Å². The molecule has 6 heteroatoms. The summed E-state index contributed by atoms with van der Waals surface area (Å²) in [6.07, 6.45) is 0. The Kier molecular flexibility index (Phi) is 9.90. The van der Waals surface area contributed by atoms with Crippen LogP contribution in [0, 0.1) is 0 Å². The third-order valence-electron chi connectivity index (χ3n) is 2.29. The standard InChI is InChI=1S/C7H18N.BBr3F/c1-5-8(4,6-2)7-3;2-1(3,4)5/h5-7H2,1-4H3;/q+1;-1. The number of rotatable bonds is 3. The minimum absolute atomic E-state index is 1.21. The summed E-state index contributed by atoms with van der Waals surface area (Å²) in [4.78, 5) is 0. The number of nitrogens with zero attached hydrogens (tertiary/aromatic N) is 1. The van der Waals surface area contributed by atoms with E-state index in [2.05, 4.69) is 75.1 Å². The van der Waals surface area contributed by atoms with Crippen molar-refractivity contribution in [2.75, 3.05) is 26.7 Å². The van der Waals surface area contributed by atoms with Crippen LogP contribution in [0.2, 0.25) is 0 Å². The van der Waals surface area contributed by atoms with E-state index in [9.17, 15) is 4.32 Å². The highest BCUT2D eigenvalue weighted by atomic mass is 79.9. The first-order valence-corrected chi connectivity index (χ1v) is 7.14. The molecular formula is C7H18BBr3FN. The highest BCUT2D eigenvalue weighted by Crippen LogP contribution is 2.27. The monoisotopic (exact) mass is 383 g/mol. The van der Waals surface area contributed by atoms with Gasteiger partial charge in [-0.15, -0.1) is 0 Å². The van der Waals surface area contributed by atoms with Gasteiger partial charge in [-0.05, 0) is 20.8 Å². The molecule has 0 unspecified atom stereocenters. The minimum atomic E-state index is -2.06. The molecular weight excluding hydrogens is 368 g/mol. The van der Waals surface area contributed by atoms with Gasteiger partial charge in [-0.25, -0.2) is 0 Å². The summed E-state index contributed by atoms with van der Waals surface area (Å²) in [5.74, 6) is 0. The van der Waals surface area contributed by atoms with Crippen molar-refractivity contribution in [3.63, 3.8) is 0 Å². The van der Waals surface area contributed by atoms with Crippen LogP contribution in [0.5, 0.6) is 0 Å². The van der Waals surface area contributed by atoms with Gasteiger partial charge in [0.25, 0.3) is 0 Å². The van der Waals surface area contributed by atoms with E-state index < -0.39 is 2.90 Å². The van der Waals surface area contributed by atoms with Crippen molar-refractivity contribution in [3.8, 4) is 0 Å². The molecule has 0 atom stereocenters. The van der Waals surface area contributed by atoms with Gasteiger partial charge in [-0.1, -0.05) is 0 Å². The Labute approximate surface area is 106 Å². The molecule has 0 saturated heterocycles. The summed E-state index contributed by atoms with van der Waals surface area (Å²) < 4.78 is 10.6. The average Bonchev–Trinajstić information content (AvgIpc) is 2.00. The van der Waals surface area contributed by atoms with Crippen LogP contribution in [-0.4, -0.2) is 34.1 Å². The van der Waals surface area contributed by atoms with E-state index in [1.807, 2.05) is 0 Å². The van der Waals surface area contributed by atoms with E-state index in [1.54, 1.807) is 0 Å². The zero-order valence-corrected chi connectivity index (χ0v) is 13.4.